The van der Waals surface area contributed by atoms with Crippen LogP contribution in [0.1, 0.15) is 44.9 Å². The highest BCUT2D eigenvalue weighted by Gasteiger charge is 2.40. The van der Waals surface area contributed by atoms with Crippen molar-refractivity contribution in [1.82, 2.24) is 0 Å². The van der Waals surface area contributed by atoms with Crippen LogP contribution in [0, 0.1) is 22.7 Å². The first-order valence-corrected chi connectivity index (χ1v) is 5.86. The molecule has 1 atom stereocenters. The average molecular weight is 193 g/mol. The van der Waals surface area contributed by atoms with Gasteiger partial charge in [0.1, 0.15) is 0 Å². The van der Waals surface area contributed by atoms with Crippen molar-refractivity contribution < 1.29 is 4.74 Å². The van der Waals surface area contributed by atoms with Gasteiger partial charge < -0.3 is 4.74 Å². The predicted octanol–water partition coefficient (Wildman–Crippen LogP) is 2.89. The van der Waals surface area contributed by atoms with Crippen LogP contribution in [-0.2, 0) is 4.74 Å². The Bertz CT molecular complexity index is 217. The summed E-state index contributed by atoms with van der Waals surface area (Å²) in [7, 11) is 0. The van der Waals surface area contributed by atoms with E-state index >= 15 is 0 Å². The first kappa shape index (κ1) is 9.98. The van der Waals surface area contributed by atoms with Crippen LogP contribution < -0.4 is 0 Å². The Hall–Kier alpha value is -0.550. The van der Waals surface area contributed by atoms with Crippen LogP contribution >= 0.6 is 0 Å². The molecular weight excluding hydrogens is 174 g/mol. The van der Waals surface area contributed by atoms with Gasteiger partial charge in [0.2, 0.25) is 0 Å². The second kappa shape index (κ2) is 4.31. The monoisotopic (exact) mass is 193 g/mol. The summed E-state index contributed by atoms with van der Waals surface area (Å²) in [4.78, 5) is 0. The Balaban J connectivity index is 2.10. The smallest absolute Gasteiger partial charge is 0.0693 e. The zero-order chi connectivity index (χ0) is 9.86. The zero-order valence-corrected chi connectivity index (χ0v) is 8.80. The van der Waals surface area contributed by atoms with Gasteiger partial charge in [0.05, 0.1) is 18.1 Å². The number of hydrogen-bond donors (Lipinski definition) is 0. The van der Waals surface area contributed by atoms with Gasteiger partial charge in [-0.25, -0.2) is 0 Å². The third-order valence-electron chi connectivity index (χ3n) is 3.93. The van der Waals surface area contributed by atoms with E-state index in [4.69, 9.17) is 4.74 Å². The van der Waals surface area contributed by atoms with Crippen LogP contribution in [-0.4, -0.2) is 13.2 Å². The van der Waals surface area contributed by atoms with E-state index in [1.54, 1.807) is 0 Å². The molecule has 78 valence electrons. The van der Waals surface area contributed by atoms with Crippen molar-refractivity contribution in [2.45, 2.75) is 44.9 Å². The van der Waals surface area contributed by atoms with Crippen LogP contribution in [0.25, 0.3) is 0 Å². The highest BCUT2D eigenvalue weighted by Crippen LogP contribution is 2.44. The molecule has 1 saturated carbocycles. The highest BCUT2D eigenvalue weighted by molar-refractivity contribution is 5.04. The standard InChI is InChI=1S/C12H19NO/c13-10-12(11-5-8-14-9-11)6-3-1-2-4-7-12/h11H,1-9H2. The summed E-state index contributed by atoms with van der Waals surface area (Å²) in [6.45, 7) is 1.70. The Labute approximate surface area is 86.2 Å². The maximum Gasteiger partial charge on any atom is 0.0693 e. The Morgan fingerprint density at radius 1 is 1.14 bits per heavy atom. The molecular formula is C12H19NO. The lowest BCUT2D eigenvalue weighted by molar-refractivity contribution is 0.142. The second-order valence-corrected chi connectivity index (χ2v) is 4.74. The van der Waals surface area contributed by atoms with Gasteiger partial charge in [-0.2, -0.15) is 5.26 Å². The molecule has 0 aromatic carbocycles. The summed E-state index contributed by atoms with van der Waals surface area (Å²) < 4.78 is 5.43. The molecule has 2 fully saturated rings. The molecule has 1 saturated heterocycles. The molecule has 0 bridgehead atoms. The molecule has 1 unspecified atom stereocenters. The minimum atomic E-state index is -0.0347. The predicted molar refractivity (Wildman–Crippen MR) is 54.7 cm³/mol. The third kappa shape index (κ3) is 1.79. The van der Waals surface area contributed by atoms with E-state index in [1.165, 1.54) is 25.7 Å². The van der Waals surface area contributed by atoms with Gasteiger partial charge in [-0.3, -0.25) is 0 Å². The molecule has 14 heavy (non-hydrogen) atoms. The maximum atomic E-state index is 9.42. The van der Waals surface area contributed by atoms with Crippen molar-refractivity contribution in [3.8, 4) is 6.07 Å². The SMILES string of the molecule is N#CC1(C2CCOC2)CCCCCC1. The average Bonchev–Trinajstić information content (AvgIpc) is 2.64. The molecule has 0 amide bonds. The number of nitriles is 1. The van der Waals surface area contributed by atoms with Crippen molar-refractivity contribution >= 4 is 0 Å². The van der Waals surface area contributed by atoms with Crippen molar-refractivity contribution in [3.63, 3.8) is 0 Å². The number of nitrogens with zero attached hydrogens (tertiary/aromatic N) is 1. The highest BCUT2D eigenvalue weighted by atomic mass is 16.5. The summed E-state index contributed by atoms with van der Waals surface area (Å²) in [5.74, 6) is 0.519. The van der Waals surface area contributed by atoms with Crippen LogP contribution in [0.5, 0.6) is 0 Å². The van der Waals surface area contributed by atoms with E-state index in [9.17, 15) is 5.26 Å². The van der Waals surface area contributed by atoms with Gasteiger partial charge in [0.25, 0.3) is 0 Å². The van der Waals surface area contributed by atoms with E-state index in [0.717, 1.165) is 32.5 Å². The Morgan fingerprint density at radius 2 is 1.86 bits per heavy atom. The van der Waals surface area contributed by atoms with E-state index in [2.05, 4.69) is 6.07 Å². The molecule has 2 rings (SSSR count). The first-order chi connectivity index (χ1) is 6.87. The minimum absolute atomic E-state index is 0.0347. The molecule has 0 aromatic heterocycles. The van der Waals surface area contributed by atoms with Crippen LogP contribution in [0.15, 0.2) is 0 Å². The van der Waals surface area contributed by atoms with E-state index < -0.39 is 0 Å². The van der Waals surface area contributed by atoms with Crippen LogP contribution in [0.3, 0.4) is 0 Å². The van der Waals surface area contributed by atoms with Crippen LogP contribution in [0.4, 0.5) is 0 Å². The molecule has 0 spiro atoms. The molecule has 2 nitrogen and oxygen atoms in total. The van der Waals surface area contributed by atoms with Crippen molar-refractivity contribution in [1.29, 1.82) is 5.26 Å². The lowest BCUT2D eigenvalue weighted by atomic mass is 9.71. The summed E-state index contributed by atoms with van der Waals surface area (Å²) in [5.41, 5.74) is -0.0347. The first-order valence-electron chi connectivity index (χ1n) is 5.86. The Kier molecular flexibility index (Phi) is 3.08. The number of rotatable bonds is 1. The quantitative estimate of drug-likeness (QED) is 0.600. The van der Waals surface area contributed by atoms with Crippen molar-refractivity contribution in [2.75, 3.05) is 13.2 Å². The normalized spacial score (nSPS) is 32.1. The summed E-state index contributed by atoms with van der Waals surface area (Å²) in [6, 6.07) is 2.62. The fraction of sp³-hybridized carbons (Fsp3) is 0.917. The minimum Gasteiger partial charge on any atom is -0.381 e. The zero-order valence-electron chi connectivity index (χ0n) is 8.80. The van der Waals surface area contributed by atoms with E-state index in [1.807, 2.05) is 0 Å². The summed E-state index contributed by atoms with van der Waals surface area (Å²) in [6.07, 6.45) is 8.44. The van der Waals surface area contributed by atoms with Gasteiger partial charge in [-0.1, -0.05) is 25.7 Å². The fourth-order valence-corrected chi connectivity index (χ4v) is 2.94. The van der Waals surface area contributed by atoms with Crippen molar-refractivity contribution in [3.05, 3.63) is 0 Å². The molecule has 2 heteroatoms. The van der Waals surface area contributed by atoms with E-state index in [-0.39, 0.29) is 5.41 Å². The molecule has 1 heterocycles. The molecule has 1 aliphatic carbocycles. The molecule has 1 aliphatic heterocycles. The lowest BCUT2D eigenvalue weighted by Crippen LogP contribution is -2.29. The summed E-state index contributed by atoms with van der Waals surface area (Å²) >= 11 is 0. The number of hydrogen-bond acceptors (Lipinski definition) is 2. The number of ether oxygens (including phenoxy) is 1. The molecule has 2 aliphatic rings. The van der Waals surface area contributed by atoms with Gasteiger partial charge in [-0.05, 0) is 19.3 Å². The summed E-state index contributed by atoms with van der Waals surface area (Å²) in [5, 5.41) is 9.42. The van der Waals surface area contributed by atoms with Gasteiger partial charge in [0.15, 0.2) is 0 Å². The molecule has 0 aromatic rings. The van der Waals surface area contributed by atoms with Gasteiger partial charge in [0, 0.05) is 12.5 Å². The maximum absolute atomic E-state index is 9.42. The lowest BCUT2D eigenvalue weighted by Gasteiger charge is -2.30. The third-order valence-corrected chi connectivity index (χ3v) is 3.93. The van der Waals surface area contributed by atoms with Crippen molar-refractivity contribution in [2.24, 2.45) is 11.3 Å². The fourth-order valence-electron chi connectivity index (χ4n) is 2.94. The molecule has 0 N–H and O–H groups in total. The molecule has 0 radical (unpaired) electrons. The Morgan fingerprint density at radius 3 is 2.36 bits per heavy atom. The van der Waals surface area contributed by atoms with Crippen LogP contribution in [0.2, 0.25) is 0 Å². The largest absolute Gasteiger partial charge is 0.381 e. The topological polar surface area (TPSA) is 33.0 Å². The van der Waals surface area contributed by atoms with E-state index in [0.29, 0.717) is 5.92 Å². The van der Waals surface area contributed by atoms with Gasteiger partial charge in [-0.15, -0.1) is 0 Å². The second-order valence-electron chi connectivity index (χ2n) is 4.74. The van der Waals surface area contributed by atoms with Gasteiger partial charge >= 0.3 is 0 Å².